The third kappa shape index (κ3) is 1.60. The van der Waals surface area contributed by atoms with Crippen LogP contribution in [0.3, 0.4) is 0 Å². The largest absolute Gasteiger partial charge is 0.478 e. The maximum Gasteiger partial charge on any atom is 0.336 e. The summed E-state index contributed by atoms with van der Waals surface area (Å²) in [7, 11) is 0. The maximum atomic E-state index is 10.8. The van der Waals surface area contributed by atoms with E-state index in [0.717, 1.165) is 14.7 Å². The molecule has 0 bridgehead atoms. The Morgan fingerprint density at radius 3 is 2.42 bits per heavy atom. The van der Waals surface area contributed by atoms with Gasteiger partial charge in [-0.15, -0.1) is 0 Å². The minimum atomic E-state index is -0.844. The Bertz CT molecular complexity index is 332. The quantitative estimate of drug-likeness (QED) is 0.800. The van der Waals surface area contributed by atoms with Gasteiger partial charge >= 0.3 is 5.97 Å². The van der Waals surface area contributed by atoms with E-state index in [1.54, 1.807) is 0 Å². The van der Waals surface area contributed by atoms with Gasteiger partial charge in [0.15, 0.2) is 0 Å². The highest BCUT2D eigenvalue weighted by atomic mass is 127. The van der Waals surface area contributed by atoms with Crippen LogP contribution in [0.4, 0.5) is 0 Å². The SMILES string of the molecule is Cc1ccc(I)c(C)c1C(=O)O. The Morgan fingerprint density at radius 2 is 2.00 bits per heavy atom. The molecule has 1 aromatic rings. The van der Waals surface area contributed by atoms with Crippen molar-refractivity contribution in [2.45, 2.75) is 13.8 Å². The Balaban J connectivity index is 3.43. The average molecular weight is 276 g/mol. The van der Waals surface area contributed by atoms with Crippen LogP contribution >= 0.6 is 22.6 Å². The summed E-state index contributed by atoms with van der Waals surface area (Å²) in [6, 6.07) is 3.76. The minimum Gasteiger partial charge on any atom is -0.478 e. The summed E-state index contributed by atoms with van der Waals surface area (Å²) >= 11 is 2.14. The van der Waals surface area contributed by atoms with Crippen LogP contribution in [0.5, 0.6) is 0 Å². The van der Waals surface area contributed by atoms with Gasteiger partial charge in [0, 0.05) is 3.57 Å². The van der Waals surface area contributed by atoms with Gasteiger partial charge in [-0.25, -0.2) is 4.79 Å². The van der Waals surface area contributed by atoms with Crippen LogP contribution in [-0.2, 0) is 0 Å². The van der Waals surface area contributed by atoms with Crippen molar-refractivity contribution >= 4 is 28.6 Å². The molecule has 0 radical (unpaired) electrons. The zero-order valence-corrected chi connectivity index (χ0v) is 9.05. The second-order valence-electron chi connectivity index (χ2n) is 2.67. The van der Waals surface area contributed by atoms with E-state index in [1.165, 1.54) is 0 Å². The second kappa shape index (κ2) is 3.43. The van der Waals surface area contributed by atoms with E-state index in [1.807, 2.05) is 26.0 Å². The molecule has 12 heavy (non-hydrogen) atoms. The minimum absolute atomic E-state index is 0.432. The van der Waals surface area contributed by atoms with Crippen LogP contribution in [0, 0.1) is 17.4 Å². The standard InChI is InChI=1S/C9H9IO2/c1-5-3-4-7(10)6(2)8(5)9(11)12/h3-4H,1-2H3,(H,11,12). The molecule has 1 aromatic carbocycles. The highest BCUT2D eigenvalue weighted by Crippen LogP contribution is 2.19. The lowest BCUT2D eigenvalue weighted by molar-refractivity contribution is 0.0695. The number of carboxylic acids is 1. The van der Waals surface area contributed by atoms with Gasteiger partial charge < -0.3 is 5.11 Å². The van der Waals surface area contributed by atoms with Crippen LogP contribution in [-0.4, -0.2) is 11.1 Å². The van der Waals surface area contributed by atoms with E-state index in [4.69, 9.17) is 5.11 Å². The number of hydrogen-bond donors (Lipinski definition) is 1. The predicted molar refractivity (Wildman–Crippen MR) is 55.6 cm³/mol. The molecule has 0 aromatic heterocycles. The van der Waals surface area contributed by atoms with E-state index in [2.05, 4.69) is 22.6 Å². The molecule has 0 aliphatic rings. The summed E-state index contributed by atoms with van der Waals surface area (Å²) in [5.41, 5.74) is 2.10. The van der Waals surface area contributed by atoms with Gasteiger partial charge in [0.1, 0.15) is 0 Å². The van der Waals surface area contributed by atoms with Crippen LogP contribution < -0.4 is 0 Å². The summed E-state index contributed by atoms with van der Waals surface area (Å²) in [4.78, 5) is 10.8. The molecule has 2 nitrogen and oxygen atoms in total. The topological polar surface area (TPSA) is 37.3 Å². The van der Waals surface area contributed by atoms with Crippen molar-refractivity contribution in [3.63, 3.8) is 0 Å². The number of aryl methyl sites for hydroxylation is 1. The molecule has 0 aliphatic heterocycles. The molecule has 1 rings (SSSR count). The molecule has 0 fully saturated rings. The maximum absolute atomic E-state index is 10.8. The first-order valence-electron chi connectivity index (χ1n) is 3.53. The fraction of sp³-hybridized carbons (Fsp3) is 0.222. The third-order valence-corrected chi connectivity index (χ3v) is 2.99. The monoisotopic (exact) mass is 276 g/mol. The molecule has 64 valence electrons. The number of carbonyl (C=O) groups is 1. The van der Waals surface area contributed by atoms with Gasteiger partial charge in [-0.05, 0) is 53.6 Å². The van der Waals surface area contributed by atoms with Crippen molar-refractivity contribution in [1.29, 1.82) is 0 Å². The molecule has 0 unspecified atom stereocenters. The summed E-state index contributed by atoms with van der Waals surface area (Å²) in [6.07, 6.45) is 0. The van der Waals surface area contributed by atoms with Gasteiger partial charge in [0.2, 0.25) is 0 Å². The van der Waals surface area contributed by atoms with Crippen LogP contribution in [0.1, 0.15) is 21.5 Å². The van der Waals surface area contributed by atoms with Crippen molar-refractivity contribution in [3.05, 3.63) is 32.4 Å². The summed E-state index contributed by atoms with van der Waals surface area (Å²) in [5, 5.41) is 8.87. The summed E-state index contributed by atoms with van der Waals surface area (Å²) in [6.45, 7) is 3.64. The highest BCUT2D eigenvalue weighted by molar-refractivity contribution is 14.1. The number of hydrogen-bond acceptors (Lipinski definition) is 1. The van der Waals surface area contributed by atoms with Crippen molar-refractivity contribution in [2.24, 2.45) is 0 Å². The van der Waals surface area contributed by atoms with Gasteiger partial charge in [0.05, 0.1) is 5.56 Å². The van der Waals surface area contributed by atoms with E-state index in [-0.39, 0.29) is 0 Å². The Labute approximate surface area is 84.7 Å². The first kappa shape index (κ1) is 9.51. The van der Waals surface area contributed by atoms with Crippen LogP contribution in [0.25, 0.3) is 0 Å². The molecular formula is C9H9IO2. The molecule has 0 aliphatic carbocycles. The molecule has 0 saturated heterocycles. The van der Waals surface area contributed by atoms with E-state index in [0.29, 0.717) is 5.56 Å². The Morgan fingerprint density at radius 1 is 1.42 bits per heavy atom. The van der Waals surface area contributed by atoms with Gasteiger partial charge in [0.25, 0.3) is 0 Å². The zero-order valence-electron chi connectivity index (χ0n) is 6.89. The number of rotatable bonds is 1. The number of halogens is 1. The molecule has 0 amide bonds. The second-order valence-corrected chi connectivity index (χ2v) is 3.83. The number of benzene rings is 1. The van der Waals surface area contributed by atoms with Gasteiger partial charge in [-0.1, -0.05) is 6.07 Å². The molecule has 0 heterocycles. The zero-order chi connectivity index (χ0) is 9.30. The predicted octanol–water partition coefficient (Wildman–Crippen LogP) is 2.61. The van der Waals surface area contributed by atoms with E-state index >= 15 is 0 Å². The van der Waals surface area contributed by atoms with E-state index in [9.17, 15) is 4.79 Å². The van der Waals surface area contributed by atoms with Crippen LogP contribution in [0.2, 0.25) is 0 Å². The summed E-state index contributed by atoms with van der Waals surface area (Å²) < 4.78 is 0.996. The number of aromatic carboxylic acids is 1. The molecule has 0 atom stereocenters. The molecule has 0 spiro atoms. The van der Waals surface area contributed by atoms with Crippen molar-refractivity contribution in [2.75, 3.05) is 0 Å². The smallest absolute Gasteiger partial charge is 0.336 e. The van der Waals surface area contributed by atoms with Crippen molar-refractivity contribution in [3.8, 4) is 0 Å². The first-order valence-corrected chi connectivity index (χ1v) is 4.61. The highest BCUT2D eigenvalue weighted by Gasteiger charge is 2.11. The lowest BCUT2D eigenvalue weighted by Gasteiger charge is -2.05. The van der Waals surface area contributed by atoms with E-state index < -0.39 is 5.97 Å². The van der Waals surface area contributed by atoms with Crippen molar-refractivity contribution in [1.82, 2.24) is 0 Å². The van der Waals surface area contributed by atoms with Gasteiger partial charge in [-0.3, -0.25) is 0 Å². The molecule has 1 N–H and O–H groups in total. The molecular weight excluding hydrogens is 267 g/mol. The van der Waals surface area contributed by atoms with Gasteiger partial charge in [-0.2, -0.15) is 0 Å². The Hall–Kier alpha value is -0.580. The average Bonchev–Trinajstić information content (AvgIpc) is 1.97. The fourth-order valence-electron chi connectivity index (χ4n) is 1.15. The third-order valence-electron chi connectivity index (χ3n) is 1.82. The molecule has 3 heteroatoms. The fourth-order valence-corrected chi connectivity index (χ4v) is 1.60. The molecule has 0 saturated carbocycles. The lowest BCUT2D eigenvalue weighted by atomic mass is 10.0. The Kier molecular flexibility index (Phi) is 2.72. The summed E-state index contributed by atoms with van der Waals surface area (Å²) in [5.74, 6) is -0.844. The first-order chi connectivity index (χ1) is 5.54. The van der Waals surface area contributed by atoms with Crippen LogP contribution in [0.15, 0.2) is 12.1 Å². The number of carboxylic acid groups (broad SMARTS) is 1. The lowest BCUT2D eigenvalue weighted by Crippen LogP contribution is -2.04. The normalized spacial score (nSPS) is 9.92. The van der Waals surface area contributed by atoms with Crippen molar-refractivity contribution < 1.29 is 9.90 Å².